The van der Waals surface area contributed by atoms with Crippen molar-refractivity contribution in [2.24, 2.45) is 0 Å². The number of benzene rings is 2. The zero-order valence-corrected chi connectivity index (χ0v) is 13.1. The number of hydrogen-bond acceptors (Lipinski definition) is 3. The van der Waals surface area contributed by atoms with Crippen LogP contribution < -0.4 is 0 Å². The topological polar surface area (TPSA) is 49.8 Å². The van der Waals surface area contributed by atoms with Crippen molar-refractivity contribution in [3.05, 3.63) is 71.8 Å². The highest BCUT2D eigenvalue weighted by Crippen LogP contribution is 2.28. The molecule has 0 radical (unpaired) electrons. The number of aliphatic hydroxyl groups excluding tert-OH is 1. The van der Waals surface area contributed by atoms with Crippen molar-refractivity contribution in [3.8, 4) is 0 Å². The summed E-state index contributed by atoms with van der Waals surface area (Å²) in [5.41, 5.74) is 2.07. The highest BCUT2D eigenvalue weighted by molar-refractivity contribution is 5.88. The van der Waals surface area contributed by atoms with Gasteiger partial charge in [-0.05, 0) is 18.1 Å². The number of carbonyl (C=O) groups excluding carboxylic acids is 1. The smallest absolute Gasteiger partial charge is 0.254 e. The van der Waals surface area contributed by atoms with Gasteiger partial charge in [-0.3, -0.25) is 4.79 Å². The predicted molar refractivity (Wildman–Crippen MR) is 87.5 cm³/mol. The van der Waals surface area contributed by atoms with E-state index in [2.05, 4.69) is 0 Å². The summed E-state index contributed by atoms with van der Waals surface area (Å²) in [5, 5.41) is 10.0. The molecular weight excluding hydrogens is 290 g/mol. The predicted octanol–water partition coefficient (Wildman–Crippen LogP) is 2.36. The monoisotopic (exact) mass is 311 g/mol. The van der Waals surface area contributed by atoms with Crippen LogP contribution in [0.5, 0.6) is 0 Å². The van der Waals surface area contributed by atoms with Gasteiger partial charge in [-0.2, -0.15) is 0 Å². The zero-order chi connectivity index (χ0) is 16.2. The van der Waals surface area contributed by atoms with E-state index in [4.69, 9.17) is 4.74 Å². The second kappa shape index (κ2) is 6.94. The summed E-state index contributed by atoms with van der Waals surface area (Å²) in [7, 11) is 0. The quantitative estimate of drug-likeness (QED) is 0.833. The maximum absolute atomic E-state index is 12.4. The lowest BCUT2D eigenvalue weighted by Crippen LogP contribution is -2.68. The highest BCUT2D eigenvalue weighted by Gasteiger charge is 2.50. The fourth-order valence-corrected chi connectivity index (χ4v) is 2.94. The molecule has 1 aliphatic heterocycles. The van der Waals surface area contributed by atoms with Gasteiger partial charge < -0.3 is 14.7 Å². The number of aliphatic hydroxyl groups is 1. The largest absolute Gasteiger partial charge is 0.391 e. The molecule has 0 saturated carbocycles. The van der Waals surface area contributed by atoms with Crippen LogP contribution in [0.3, 0.4) is 0 Å². The van der Waals surface area contributed by atoms with Crippen LogP contribution in [0.15, 0.2) is 60.7 Å². The molecule has 1 fully saturated rings. The Morgan fingerprint density at radius 1 is 1.04 bits per heavy atom. The molecule has 0 unspecified atom stereocenters. The normalized spacial score (nSPS) is 21.8. The molecule has 0 aromatic heterocycles. The fourth-order valence-electron chi connectivity index (χ4n) is 2.94. The molecule has 1 N–H and O–H groups in total. The van der Waals surface area contributed by atoms with Crippen LogP contribution in [-0.4, -0.2) is 34.2 Å². The second-order valence-corrected chi connectivity index (χ2v) is 5.90. The maximum Gasteiger partial charge on any atom is 0.254 e. The Hall–Kier alpha value is -2.17. The Morgan fingerprint density at radius 2 is 1.61 bits per heavy atom. The van der Waals surface area contributed by atoms with E-state index >= 15 is 0 Å². The first-order valence-electron chi connectivity index (χ1n) is 7.85. The molecule has 1 amide bonds. The molecular formula is C19H21NO3. The van der Waals surface area contributed by atoms with Gasteiger partial charge >= 0.3 is 0 Å². The van der Waals surface area contributed by atoms with Gasteiger partial charge in [0.1, 0.15) is 0 Å². The number of nitrogens with zero attached hydrogens (tertiary/aromatic N) is 1. The third-order valence-electron chi connectivity index (χ3n) is 4.16. The van der Waals surface area contributed by atoms with Gasteiger partial charge in [0, 0.05) is 6.54 Å². The summed E-state index contributed by atoms with van der Waals surface area (Å²) >= 11 is 0. The Balaban J connectivity index is 1.64. The molecule has 2 aromatic carbocycles. The van der Waals surface area contributed by atoms with E-state index < -0.39 is 12.2 Å². The molecule has 3 rings (SSSR count). The van der Waals surface area contributed by atoms with Crippen molar-refractivity contribution < 1.29 is 14.6 Å². The molecule has 4 nitrogen and oxygen atoms in total. The molecule has 0 aliphatic carbocycles. The number of β-lactam (4-membered cyclic amide) rings is 1. The van der Waals surface area contributed by atoms with E-state index in [0.717, 1.165) is 11.1 Å². The first kappa shape index (κ1) is 15.7. The number of carbonyl (C=O) groups is 1. The van der Waals surface area contributed by atoms with E-state index in [1.807, 2.05) is 60.7 Å². The summed E-state index contributed by atoms with van der Waals surface area (Å²) in [4.78, 5) is 14.1. The highest BCUT2D eigenvalue weighted by atomic mass is 16.5. The van der Waals surface area contributed by atoms with E-state index in [9.17, 15) is 9.90 Å². The average Bonchev–Trinajstić information content (AvgIpc) is 2.58. The molecule has 2 aromatic rings. The van der Waals surface area contributed by atoms with Gasteiger partial charge in [-0.25, -0.2) is 0 Å². The SMILES string of the molecule is C[C@@H](O)[C@H]1[C@@H](OCc2ccccc2)C(=O)N1Cc1ccccc1. The lowest BCUT2D eigenvalue weighted by atomic mass is 9.92. The number of rotatable bonds is 6. The van der Waals surface area contributed by atoms with Gasteiger partial charge in [0.15, 0.2) is 6.10 Å². The van der Waals surface area contributed by atoms with Crippen molar-refractivity contribution in [1.29, 1.82) is 0 Å². The van der Waals surface area contributed by atoms with Crippen LogP contribution in [0.25, 0.3) is 0 Å². The second-order valence-electron chi connectivity index (χ2n) is 5.90. The van der Waals surface area contributed by atoms with Crippen molar-refractivity contribution in [2.75, 3.05) is 0 Å². The van der Waals surface area contributed by atoms with E-state index in [1.165, 1.54) is 0 Å². The summed E-state index contributed by atoms with van der Waals surface area (Å²) in [6, 6.07) is 19.2. The van der Waals surface area contributed by atoms with Crippen molar-refractivity contribution in [2.45, 2.75) is 38.3 Å². The third-order valence-corrected chi connectivity index (χ3v) is 4.16. The Labute approximate surface area is 136 Å². The average molecular weight is 311 g/mol. The molecule has 0 spiro atoms. The van der Waals surface area contributed by atoms with Gasteiger partial charge in [0.25, 0.3) is 5.91 Å². The van der Waals surface area contributed by atoms with E-state index in [-0.39, 0.29) is 11.9 Å². The van der Waals surface area contributed by atoms with Crippen LogP contribution in [0.2, 0.25) is 0 Å². The minimum atomic E-state index is -0.628. The molecule has 1 heterocycles. The van der Waals surface area contributed by atoms with Crippen LogP contribution in [-0.2, 0) is 22.7 Å². The fraction of sp³-hybridized carbons (Fsp3) is 0.316. The van der Waals surface area contributed by atoms with Crippen molar-refractivity contribution in [1.82, 2.24) is 4.90 Å². The Bertz CT molecular complexity index is 642. The number of likely N-dealkylation sites (tertiary alicyclic amines) is 1. The summed E-state index contributed by atoms with van der Waals surface area (Å²) in [6.07, 6.45) is -1.20. The first-order chi connectivity index (χ1) is 11.2. The van der Waals surface area contributed by atoms with Crippen LogP contribution in [0, 0.1) is 0 Å². The molecule has 1 saturated heterocycles. The Morgan fingerprint density at radius 3 is 2.17 bits per heavy atom. The van der Waals surface area contributed by atoms with E-state index in [0.29, 0.717) is 13.2 Å². The Kier molecular flexibility index (Phi) is 4.74. The lowest BCUT2D eigenvalue weighted by Gasteiger charge is -2.48. The van der Waals surface area contributed by atoms with Crippen molar-refractivity contribution >= 4 is 5.91 Å². The molecule has 4 heteroatoms. The number of amides is 1. The van der Waals surface area contributed by atoms with Gasteiger partial charge in [-0.1, -0.05) is 60.7 Å². The summed E-state index contributed by atoms with van der Waals surface area (Å²) in [6.45, 7) is 2.58. The van der Waals surface area contributed by atoms with Crippen molar-refractivity contribution in [3.63, 3.8) is 0 Å². The van der Waals surface area contributed by atoms with Gasteiger partial charge in [0.05, 0.1) is 18.8 Å². The first-order valence-corrected chi connectivity index (χ1v) is 7.85. The van der Waals surface area contributed by atoms with Gasteiger partial charge in [-0.15, -0.1) is 0 Å². The molecule has 3 atom stereocenters. The molecule has 120 valence electrons. The molecule has 23 heavy (non-hydrogen) atoms. The minimum absolute atomic E-state index is 0.0596. The molecule has 0 bridgehead atoms. The van der Waals surface area contributed by atoms with Gasteiger partial charge in [0.2, 0.25) is 0 Å². The zero-order valence-electron chi connectivity index (χ0n) is 13.1. The number of ether oxygens (including phenoxy) is 1. The minimum Gasteiger partial charge on any atom is -0.391 e. The van der Waals surface area contributed by atoms with E-state index in [1.54, 1.807) is 11.8 Å². The third kappa shape index (κ3) is 3.44. The number of hydrogen-bond donors (Lipinski definition) is 1. The molecule has 1 aliphatic rings. The van der Waals surface area contributed by atoms with Crippen LogP contribution >= 0.6 is 0 Å². The lowest BCUT2D eigenvalue weighted by molar-refractivity contribution is -0.187. The van der Waals surface area contributed by atoms with Crippen LogP contribution in [0.4, 0.5) is 0 Å². The summed E-state index contributed by atoms with van der Waals surface area (Å²) < 4.78 is 5.77. The standard InChI is InChI=1S/C19H21NO3/c1-14(21)17-18(23-13-16-10-6-3-7-11-16)19(22)20(17)12-15-8-4-2-5-9-15/h2-11,14,17-18,21H,12-13H2,1H3/t14-,17+,18-/m1/s1. The van der Waals surface area contributed by atoms with Crippen LogP contribution in [0.1, 0.15) is 18.1 Å². The summed E-state index contributed by atoms with van der Waals surface area (Å²) in [5.74, 6) is -0.0596. The maximum atomic E-state index is 12.4.